The number of fused-ring (bicyclic) bond motifs is 2. The summed E-state index contributed by atoms with van der Waals surface area (Å²) in [7, 11) is 2.97. The standard InChI is InChI=1S/C20H20N4O3/c1-12-6-9-16-13(11-12)5-4-10-24(16)19(26)15-8-7-14-17(21-15)22(2)20(27)23(3)18(14)25/h6-9,11H,4-5,10H2,1-3H3. The van der Waals surface area contributed by atoms with Gasteiger partial charge < -0.3 is 4.90 Å². The van der Waals surface area contributed by atoms with Gasteiger partial charge in [-0.25, -0.2) is 9.78 Å². The van der Waals surface area contributed by atoms with E-state index in [1.807, 2.05) is 19.1 Å². The van der Waals surface area contributed by atoms with Gasteiger partial charge in [-0.3, -0.25) is 18.7 Å². The summed E-state index contributed by atoms with van der Waals surface area (Å²) in [6, 6.07) is 9.19. The molecule has 0 saturated heterocycles. The van der Waals surface area contributed by atoms with Gasteiger partial charge in [0, 0.05) is 26.3 Å². The van der Waals surface area contributed by atoms with Gasteiger partial charge >= 0.3 is 5.69 Å². The lowest BCUT2D eigenvalue weighted by molar-refractivity contribution is 0.0980. The molecular weight excluding hydrogens is 344 g/mol. The number of rotatable bonds is 1. The van der Waals surface area contributed by atoms with Crippen LogP contribution in [0.1, 0.15) is 28.0 Å². The number of hydrogen-bond acceptors (Lipinski definition) is 4. The molecule has 0 saturated carbocycles. The van der Waals surface area contributed by atoms with E-state index < -0.39 is 11.2 Å². The van der Waals surface area contributed by atoms with Gasteiger partial charge in [0.2, 0.25) is 0 Å². The predicted octanol–water partition coefficient (Wildman–Crippen LogP) is 1.53. The quantitative estimate of drug-likeness (QED) is 0.656. The molecule has 0 fully saturated rings. The number of benzene rings is 1. The van der Waals surface area contributed by atoms with Gasteiger partial charge in [0.25, 0.3) is 11.5 Å². The first-order valence-corrected chi connectivity index (χ1v) is 8.86. The molecule has 7 heteroatoms. The van der Waals surface area contributed by atoms with E-state index in [1.165, 1.54) is 11.6 Å². The van der Waals surface area contributed by atoms with Crippen LogP contribution in [0, 0.1) is 6.92 Å². The minimum atomic E-state index is -0.469. The van der Waals surface area contributed by atoms with Gasteiger partial charge in [-0.05, 0) is 43.5 Å². The van der Waals surface area contributed by atoms with Crippen LogP contribution in [0.3, 0.4) is 0 Å². The zero-order valence-corrected chi connectivity index (χ0v) is 15.5. The van der Waals surface area contributed by atoms with Crippen molar-refractivity contribution in [3.63, 3.8) is 0 Å². The summed E-state index contributed by atoms with van der Waals surface area (Å²) in [6.45, 7) is 2.65. The lowest BCUT2D eigenvalue weighted by atomic mass is 9.99. The topological polar surface area (TPSA) is 77.2 Å². The Morgan fingerprint density at radius 3 is 2.63 bits per heavy atom. The van der Waals surface area contributed by atoms with Crippen LogP contribution in [0.4, 0.5) is 5.69 Å². The highest BCUT2D eigenvalue weighted by molar-refractivity contribution is 6.06. The number of amides is 1. The van der Waals surface area contributed by atoms with Gasteiger partial charge in [-0.1, -0.05) is 17.7 Å². The fourth-order valence-electron chi connectivity index (χ4n) is 3.65. The number of aryl methyl sites for hydroxylation is 3. The molecule has 0 N–H and O–H groups in total. The van der Waals surface area contributed by atoms with Crippen LogP contribution in [0.2, 0.25) is 0 Å². The molecule has 0 spiro atoms. The second-order valence-corrected chi connectivity index (χ2v) is 6.97. The first-order valence-electron chi connectivity index (χ1n) is 8.86. The van der Waals surface area contributed by atoms with Crippen molar-refractivity contribution in [2.75, 3.05) is 11.4 Å². The summed E-state index contributed by atoms with van der Waals surface area (Å²) < 4.78 is 2.33. The summed E-state index contributed by atoms with van der Waals surface area (Å²) >= 11 is 0. The highest BCUT2D eigenvalue weighted by Gasteiger charge is 2.25. The summed E-state index contributed by atoms with van der Waals surface area (Å²) in [5, 5.41) is 0.311. The smallest absolute Gasteiger partial charge is 0.307 e. The van der Waals surface area contributed by atoms with E-state index in [1.54, 1.807) is 24.1 Å². The van der Waals surface area contributed by atoms with Crippen LogP contribution in [0.5, 0.6) is 0 Å². The van der Waals surface area contributed by atoms with Crippen molar-refractivity contribution in [1.29, 1.82) is 0 Å². The number of carbonyl (C=O) groups is 1. The summed E-state index contributed by atoms with van der Waals surface area (Å²) in [5.74, 6) is -0.227. The van der Waals surface area contributed by atoms with Crippen LogP contribution < -0.4 is 16.1 Å². The number of pyridine rings is 1. The predicted molar refractivity (Wildman–Crippen MR) is 103 cm³/mol. The molecule has 0 atom stereocenters. The molecule has 138 valence electrons. The zero-order chi connectivity index (χ0) is 19.3. The molecule has 1 aromatic carbocycles. The molecule has 0 aliphatic carbocycles. The number of hydrogen-bond donors (Lipinski definition) is 0. The maximum atomic E-state index is 13.1. The maximum absolute atomic E-state index is 13.1. The zero-order valence-electron chi connectivity index (χ0n) is 15.5. The van der Waals surface area contributed by atoms with Crippen LogP contribution in [-0.4, -0.2) is 26.6 Å². The number of anilines is 1. The van der Waals surface area contributed by atoms with E-state index in [-0.39, 0.29) is 17.2 Å². The lowest BCUT2D eigenvalue weighted by Crippen LogP contribution is -2.38. The molecule has 27 heavy (non-hydrogen) atoms. The van der Waals surface area contributed by atoms with Crippen molar-refractivity contribution < 1.29 is 4.79 Å². The van der Waals surface area contributed by atoms with Crippen molar-refractivity contribution in [3.8, 4) is 0 Å². The molecule has 7 nitrogen and oxygen atoms in total. The highest BCUT2D eigenvalue weighted by Crippen LogP contribution is 2.29. The van der Waals surface area contributed by atoms with E-state index in [4.69, 9.17) is 0 Å². The monoisotopic (exact) mass is 364 g/mol. The van der Waals surface area contributed by atoms with Gasteiger partial charge in [-0.15, -0.1) is 0 Å². The molecule has 2 aromatic heterocycles. The summed E-state index contributed by atoms with van der Waals surface area (Å²) in [6.07, 6.45) is 1.82. The highest BCUT2D eigenvalue weighted by atomic mass is 16.2. The third-order valence-corrected chi connectivity index (χ3v) is 5.12. The Labute approximate surface area is 155 Å². The Morgan fingerprint density at radius 2 is 1.85 bits per heavy atom. The van der Waals surface area contributed by atoms with Gasteiger partial charge in [-0.2, -0.15) is 0 Å². The van der Waals surface area contributed by atoms with Crippen molar-refractivity contribution in [3.05, 3.63) is 68.0 Å². The third kappa shape index (κ3) is 2.66. The number of nitrogens with zero attached hydrogens (tertiary/aromatic N) is 4. The second kappa shape index (κ2) is 6.19. The van der Waals surface area contributed by atoms with E-state index in [2.05, 4.69) is 11.1 Å². The summed E-state index contributed by atoms with van der Waals surface area (Å²) in [5.41, 5.74) is 2.77. The van der Waals surface area contributed by atoms with E-state index in [9.17, 15) is 14.4 Å². The Kier molecular flexibility index (Phi) is 3.95. The Morgan fingerprint density at radius 1 is 1.07 bits per heavy atom. The largest absolute Gasteiger partial charge is 0.332 e. The SMILES string of the molecule is Cc1ccc2c(c1)CCCN2C(=O)c1ccc2c(=O)n(C)c(=O)n(C)c2n1. The molecule has 1 amide bonds. The fourth-order valence-corrected chi connectivity index (χ4v) is 3.65. The molecule has 1 aliphatic heterocycles. The molecule has 4 rings (SSSR count). The van der Waals surface area contributed by atoms with Crippen LogP contribution in [-0.2, 0) is 20.5 Å². The second-order valence-electron chi connectivity index (χ2n) is 6.97. The van der Waals surface area contributed by atoms with Crippen LogP contribution in [0.25, 0.3) is 11.0 Å². The first kappa shape index (κ1) is 17.2. The van der Waals surface area contributed by atoms with Crippen molar-refractivity contribution in [2.24, 2.45) is 14.1 Å². The molecule has 3 heterocycles. The van der Waals surface area contributed by atoms with Gasteiger partial charge in [0.1, 0.15) is 11.3 Å². The average molecular weight is 364 g/mol. The van der Waals surface area contributed by atoms with Gasteiger partial charge in [0.05, 0.1) is 5.39 Å². The third-order valence-electron chi connectivity index (χ3n) is 5.12. The molecule has 3 aromatic rings. The number of carbonyl (C=O) groups excluding carboxylic acids is 1. The number of aromatic nitrogens is 3. The molecule has 0 radical (unpaired) electrons. The minimum Gasteiger partial charge on any atom is -0.307 e. The van der Waals surface area contributed by atoms with Crippen molar-refractivity contribution in [2.45, 2.75) is 19.8 Å². The van der Waals surface area contributed by atoms with E-state index >= 15 is 0 Å². The molecule has 0 bridgehead atoms. The maximum Gasteiger partial charge on any atom is 0.332 e. The average Bonchev–Trinajstić information content (AvgIpc) is 2.69. The summed E-state index contributed by atoms with van der Waals surface area (Å²) in [4.78, 5) is 43.7. The van der Waals surface area contributed by atoms with Crippen molar-refractivity contribution in [1.82, 2.24) is 14.1 Å². The normalized spacial score (nSPS) is 13.7. The fraction of sp³-hybridized carbons (Fsp3) is 0.300. The van der Waals surface area contributed by atoms with E-state index in [0.29, 0.717) is 11.9 Å². The Hall–Kier alpha value is -3.22. The molecule has 0 unspecified atom stereocenters. The van der Waals surface area contributed by atoms with Crippen molar-refractivity contribution >= 4 is 22.6 Å². The first-order chi connectivity index (χ1) is 12.9. The molecule has 1 aliphatic rings. The van der Waals surface area contributed by atoms with Crippen LogP contribution >= 0.6 is 0 Å². The lowest BCUT2D eigenvalue weighted by Gasteiger charge is -2.29. The van der Waals surface area contributed by atoms with Gasteiger partial charge in [0.15, 0.2) is 0 Å². The van der Waals surface area contributed by atoms with E-state index in [0.717, 1.165) is 34.2 Å². The molecular formula is C20H20N4O3. The minimum absolute atomic E-state index is 0.218. The Bertz CT molecular complexity index is 1210. The van der Waals surface area contributed by atoms with Crippen LogP contribution in [0.15, 0.2) is 39.9 Å². The Balaban J connectivity index is 1.83.